The van der Waals surface area contributed by atoms with Crippen LogP contribution in [0.2, 0.25) is 0 Å². The van der Waals surface area contributed by atoms with Crippen LogP contribution in [0.1, 0.15) is 55.1 Å². The molecule has 0 bridgehead atoms. The van der Waals surface area contributed by atoms with E-state index in [0.717, 1.165) is 23.2 Å². The van der Waals surface area contributed by atoms with Crippen molar-refractivity contribution in [2.75, 3.05) is 29.9 Å². The van der Waals surface area contributed by atoms with Crippen LogP contribution in [-0.4, -0.2) is 48.7 Å². The Morgan fingerprint density at radius 1 is 1.03 bits per heavy atom. The van der Waals surface area contributed by atoms with Gasteiger partial charge in [-0.05, 0) is 62.9 Å². The van der Waals surface area contributed by atoms with E-state index in [4.69, 9.17) is 0 Å². The first-order chi connectivity index (χ1) is 18.8. The molecule has 206 valence electrons. The molecule has 0 saturated carbocycles. The second-order valence-corrected chi connectivity index (χ2v) is 10.7. The summed E-state index contributed by atoms with van der Waals surface area (Å²) < 4.78 is 0. The zero-order chi connectivity index (χ0) is 27.8. The standard InChI is InChI=1S/C32H40N4O3/c1-4-33-26-19-24(20-27(21-26)36-17-11-16-30(36)38)31(39)35-28(18-23-12-7-5-8-13-23)29(37)22-34-32(2,3)25-14-9-6-10-15-25/h5-10,12-15,19-21,28-29,33-34,37H,4,11,16-18,22H2,1-3H3,(H,35,39)/t28-,29+/m0/s1. The number of aliphatic hydroxyl groups is 1. The number of hydrogen-bond acceptors (Lipinski definition) is 5. The number of nitrogens with one attached hydrogen (secondary N) is 3. The van der Waals surface area contributed by atoms with Crippen LogP contribution >= 0.6 is 0 Å². The first kappa shape index (κ1) is 28.3. The Morgan fingerprint density at radius 2 is 1.72 bits per heavy atom. The highest BCUT2D eigenvalue weighted by Crippen LogP contribution is 2.27. The van der Waals surface area contributed by atoms with E-state index in [0.29, 0.717) is 43.7 Å². The monoisotopic (exact) mass is 528 g/mol. The van der Waals surface area contributed by atoms with Crippen LogP contribution in [0.3, 0.4) is 0 Å². The summed E-state index contributed by atoms with van der Waals surface area (Å²) in [4.78, 5) is 27.8. The largest absolute Gasteiger partial charge is 0.390 e. The molecule has 1 aliphatic heterocycles. The molecule has 0 radical (unpaired) electrons. The first-order valence-electron chi connectivity index (χ1n) is 13.8. The van der Waals surface area contributed by atoms with Crippen LogP contribution in [0, 0.1) is 0 Å². The summed E-state index contributed by atoms with van der Waals surface area (Å²) in [5.41, 5.74) is 3.73. The van der Waals surface area contributed by atoms with Crippen molar-refractivity contribution >= 4 is 23.2 Å². The highest BCUT2D eigenvalue weighted by atomic mass is 16.3. The number of aliphatic hydroxyl groups excluding tert-OH is 1. The van der Waals surface area contributed by atoms with Crippen molar-refractivity contribution in [2.24, 2.45) is 0 Å². The summed E-state index contributed by atoms with van der Waals surface area (Å²) in [5.74, 6) is -0.218. The van der Waals surface area contributed by atoms with Gasteiger partial charge in [0.2, 0.25) is 5.91 Å². The molecule has 1 aliphatic rings. The summed E-state index contributed by atoms with van der Waals surface area (Å²) in [6.07, 6.45) is 0.966. The smallest absolute Gasteiger partial charge is 0.251 e. The van der Waals surface area contributed by atoms with Gasteiger partial charge in [-0.2, -0.15) is 0 Å². The Hall–Kier alpha value is -3.68. The molecule has 2 amide bonds. The van der Waals surface area contributed by atoms with Crippen molar-refractivity contribution in [3.05, 3.63) is 95.6 Å². The average molecular weight is 529 g/mol. The molecule has 1 saturated heterocycles. The van der Waals surface area contributed by atoms with E-state index < -0.39 is 12.1 Å². The molecule has 4 N–H and O–H groups in total. The quantitative estimate of drug-likeness (QED) is 0.278. The molecular weight excluding hydrogens is 488 g/mol. The molecule has 7 heteroatoms. The van der Waals surface area contributed by atoms with E-state index in [1.807, 2.05) is 61.5 Å². The molecule has 0 unspecified atom stereocenters. The van der Waals surface area contributed by atoms with Crippen LogP contribution in [0.15, 0.2) is 78.9 Å². The van der Waals surface area contributed by atoms with E-state index in [-0.39, 0.29) is 17.4 Å². The van der Waals surface area contributed by atoms with Crippen LogP contribution in [-0.2, 0) is 16.8 Å². The van der Waals surface area contributed by atoms with Gasteiger partial charge in [0.05, 0.1) is 12.1 Å². The number of benzene rings is 3. The van der Waals surface area contributed by atoms with Gasteiger partial charge < -0.3 is 26.0 Å². The Kier molecular flexibility index (Phi) is 9.38. The van der Waals surface area contributed by atoms with Crippen LogP contribution in [0.25, 0.3) is 0 Å². The fraction of sp³-hybridized carbons (Fsp3) is 0.375. The third kappa shape index (κ3) is 7.46. The third-order valence-electron chi connectivity index (χ3n) is 7.27. The Bertz CT molecular complexity index is 1250. The van der Waals surface area contributed by atoms with Crippen molar-refractivity contribution in [2.45, 2.75) is 57.7 Å². The summed E-state index contributed by atoms with van der Waals surface area (Å²) >= 11 is 0. The number of carbonyl (C=O) groups excluding carboxylic acids is 2. The number of anilines is 2. The summed E-state index contributed by atoms with van der Waals surface area (Å²) in [7, 11) is 0. The highest BCUT2D eigenvalue weighted by molar-refractivity contribution is 6.00. The van der Waals surface area contributed by atoms with E-state index in [1.54, 1.807) is 17.0 Å². The molecule has 0 aliphatic carbocycles. The maximum Gasteiger partial charge on any atom is 0.251 e. The fourth-order valence-electron chi connectivity index (χ4n) is 4.99. The van der Waals surface area contributed by atoms with Gasteiger partial charge in [-0.1, -0.05) is 60.7 Å². The zero-order valence-electron chi connectivity index (χ0n) is 23.1. The highest BCUT2D eigenvalue weighted by Gasteiger charge is 2.28. The van der Waals surface area contributed by atoms with Crippen molar-refractivity contribution in [1.29, 1.82) is 0 Å². The van der Waals surface area contributed by atoms with E-state index in [9.17, 15) is 14.7 Å². The van der Waals surface area contributed by atoms with Gasteiger partial charge in [-0.15, -0.1) is 0 Å². The van der Waals surface area contributed by atoms with Crippen LogP contribution < -0.4 is 20.9 Å². The molecule has 1 heterocycles. The maximum atomic E-state index is 13.6. The normalized spacial score (nSPS) is 15.2. The number of hydrogen-bond donors (Lipinski definition) is 4. The number of nitrogens with zero attached hydrogens (tertiary/aromatic N) is 1. The van der Waals surface area contributed by atoms with Crippen LogP contribution in [0.4, 0.5) is 11.4 Å². The second kappa shape index (κ2) is 12.9. The van der Waals surface area contributed by atoms with Gasteiger partial charge in [0.1, 0.15) is 0 Å². The Morgan fingerprint density at radius 3 is 2.36 bits per heavy atom. The molecule has 0 aromatic heterocycles. The number of amides is 2. The predicted octanol–water partition coefficient (Wildman–Crippen LogP) is 4.47. The number of rotatable bonds is 12. The van der Waals surface area contributed by atoms with E-state index in [1.165, 1.54) is 0 Å². The lowest BCUT2D eigenvalue weighted by Crippen LogP contribution is -2.51. The summed E-state index contributed by atoms with van der Waals surface area (Å²) in [5, 5.41) is 21.2. The van der Waals surface area contributed by atoms with Crippen molar-refractivity contribution in [3.8, 4) is 0 Å². The summed E-state index contributed by atoms with van der Waals surface area (Å²) in [6.45, 7) is 7.78. The molecule has 0 spiro atoms. The third-order valence-corrected chi connectivity index (χ3v) is 7.27. The van der Waals surface area contributed by atoms with Crippen molar-refractivity contribution in [1.82, 2.24) is 10.6 Å². The minimum atomic E-state index is -0.839. The second-order valence-electron chi connectivity index (χ2n) is 10.7. The Labute approximate surface area is 231 Å². The van der Waals surface area contributed by atoms with E-state index in [2.05, 4.69) is 41.9 Å². The van der Waals surface area contributed by atoms with Gasteiger partial charge in [-0.25, -0.2) is 0 Å². The molecular formula is C32H40N4O3. The SMILES string of the molecule is CCNc1cc(C(=O)N[C@@H](Cc2ccccc2)[C@H](O)CNC(C)(C)c2ccccc2)cc(N2CCCC2=O)c1. The van der Waals surface area contributed by atoms with Crippen molar-refractivity contribution < 1.29 is 14.7 Å². The molecule has 1 fully saturated rings. The minimum absolute atomic E-state index is 0.0690. The molecule has 3 aromatic rings. The minimum Gasteiger partial charge on any atom is -0.390 e. The zero-order valence-corrected chi connectivity index (χ0v) is 23.1. The van der Waals surface area contributed by atoms with Gasteiger partial charge in [0, 0.05) is 48.5 Å². The first-order valence-corrected chi connectivity index (χ1v) is 13.8. The molecule has 4 rings (SSSR count). The lowest BCUT2D eigenvalue weighted by molar-refractivity contribution is -0.117. The molecule has 39 heavy (non-hydrogen) atoms. The van der Waals surface area contributed by atoms with Gasteiger partial charge in [-0.3, -0.25) is 9.59 Å². The topological polar surface area (TPSA) is 93.7 Å². The molecule has 7 nitrogen and oxygen atoms in total. The van der Waals surface area contributed by atoms with Gasteiger partial charge >= 0.3 is 0 Å². The summed E-state index contributed by atoms with van der Waals surface area (Å²) in [6, 6.07) is 24.9. The maximum absolute atomic E-state index is 13.6. The Balaban J connectivity index is 1.54. The lowest BCUT2D eigenvalue weighted by atomic mass is 9.93. The van der Waals surface area contributed by atoms with Gasteiger partial charge in [0.25, 0.3) is 5.91 Å². The average Bonchev–Trinajstić information content (AvgIpc) is 3.38. The van der Waals surface area contributed by atoms with E-state index >= 15 is 0 Å². The van der Waals surface area contributed by atoms with Gasteiger partial charge in [0.15, 0.2) is 0 Å². The fourth-order valence-corrected chi connectivity index (χ4v) is 4.99. The number of carbonyl (C=O) groups is 2. The lowest BCUT2D eigenvalue weighted by Gasteiger charge is -2.31. The molecule has 2 atom stereocenters. The predicted molar refractivity (Wildman–Crippen MR) is 157 cm³/mol. The van der Waals surface area contributed by atoms with Crippen LogP contribution in [0.5, 0.6) is 0 Å². The molecule has 3 aromatic carbocycles. The van der Waals surface area contributed by atoms with Crippen molar-refractivity contribution in [3.63, 3.8) is 0 Å².